The van der Waals surface area contributed by atoms with Crippen LogP contribution >= 0.6 is 11.3 Å². The zero-order valence-corrected chi connectivity index (χ0v) is 12.8. The number of thiazole rings is 1. The first kappa shape index (κ1) is 14.5. The lowest BCUT2D eigenvalue weighted by atomic mass is 10.0. The fourth-order valence-electron chi connectivity index (χ4n) is 2.60. The minimum absolute atomic E-state index is 1.19. The minimum atomic E-state index is 1.19. The van der Waals surface area contributed by atoms with Crippen molar-refractivity contribution >= 4 is 21.6 Å². The topological polar surface area (TPSA) is 12.9 Å². The number of hydrogen-bond donors (Lipinski definition) is 0. The van der Waals surface area contributed by atoms with Crippen molar-refractivity contribution in [3.05, 3.63) is 29.3 Å². The van der Waals surface area contributed by atoms with Gasteiger partial charge in [0.05, 0.1) is 15.7 Å². The van der Waals surface area contributed by atoms with Gasteiger partial charge in [-0.1, -0.05) is 64.0 Å². The molecular weight excluding hydrogens is 250 g/mol. The highest BCUT2D eigenvalue weighted by molar-refractivity contribution is 7.16. The summed E-state index contributed by atoms with van der Waals surface area (Å²) in [6, 6.07) is 6.58. The molecule has 2 heteroatoms. The number of hydrogen-bond acceptors (Lipinski definition) is 2. The molecule has 0 aliphatic heterocycles. The summed E-state index contributed by atoms with van der Waals surface area (Å²) in [6.45, 7) is 2.28. The summed E-state index contributed by atoms with van der Waals surface area (Å²) in [5, 5.41) is 0. The molecule has 0 fully saturated rings. The largest absolute Gasteiger partial charge is 0.244 e. The Labute approximate surface area is 121 Å². The normalized spacial score (nSPS) is 11.2. The maximum Gasteiger partial charge on any atom is 0.0843 e. The van der Waals surface area contributed by atoms with Crippen LogP contribution in [0.25, 0.3) is 10.2 Å². The van der Waals surface area contributed by atoms with Gasteiger partial charge in [-0.25, -0.2) is 4.98 Å². The Morgan fingerprint density at radius 3 is 2.47 bits per heavy atom. The van der Waals surface area contributed by atoms with Crippen LogP contribution in [-0.4, -0.2) is 4.98 Å². The Hall–Kier alpha value is -0.890. The van der Waals surface area contributed by atoms with E-state index >= 15 is 0 Å². The Kier molecular flexibility index (Phi) is 6.35. The van der Waals surface area contributed by atoms with Crippen LogP contribution in [0.2, 0.25) is 0 Å². The second kappa shape index (κ2) is 8.31. The van der Waals surface area contributed by atoms with Crippen LogP contribution in [0, 0.1) is 0 Å². The van der Waals surface area contributed by atoms with E-state index in [9.17, 15) is 0 Å². The smallest absolute Gasteiger partial charge is 0.0843 e. The van der Waals surface area contributed by atoms with E-state index in [2.05, 4.69) is 30.1 Å². The molecule has 0 aliphatic carbocycles. The summed E-state index contributed by atoms with van der Waals surface area (Å²) in [4.78, 5) is 4.49. The first-order valence-electron chi connectivity index (χ1n) is 7.73. The maximum atomic E-state index is 4.49. The standard InChI is InChI=1S/C17H25NS/c1-2-3-4-5-6-7-8-9-11-15-12-10-13-16-17(15)18-14-19-16/h10,12-14H,2-9,11H2,1H3. The van der Waals surface area contributed by atoms with Gasteiger partial charge in [-0.3, -0.25) is 0 Å². The molecule has 0 bridgehead atoms. The molecule has 1 aromatic carbocycles. The lowest BCUT2D eigenvalue weighted by Gasteiger charge is -2.03. The molecule has 104 valence electrons. The summed E-state index contributed by atoms with van der Waals surface area (Å²) in [6.07, 6.45) is 12.3. The minimum Gasteiger partial charge on any atom is -0.244 e. The van der Waals surface area contributed by atoms with Gasteiger partial charge in [0.25, 0.3) is 0 Å². The zero-order valence-electron chi connectivity index (χ0n) is 12.0. The van der Waals surface area contributed by atoms with Crippen molar-refractivity contribution in [1.82, 2.24) is 4.98 Å². The van der Waals surface area contributed by atoms with Gasteiger partial charge in [0.2, 0.25) is 0 Å². The third kappa shape index (κ3) is 4.61. The van der Waals surface area contributed by atoms with E-state index in [1.54, 1.807) is 11.3 Å². The number of aromatic nitrogens is 1. The molecule has 1 nitrogen and oxygen atoms in total. The van der Waals surface area contributed by atoms with Crippen LogP contribution in [0.3, 0.4) is 0 Å². The van der Waals surface area contributed by atoms with E-state index < -0.39 is 0 Å². The first-order chi connectivity index (χ1) is 9.42. The van der Waals surface area contributed by atoms with Gasteiger partial charge in [0, 0.05) is 0 Å². The van der Waals surface area contributed by atoms with Gasteiger partial charge in [-0.05, 0) is 24.5 Å². The first-order valence-corrected chi connectivity index (χ1v) is 8.61. The number of benzene rings is 1. The van der Waals surface area contributed by atoms with E-state index in [0.717, 1.165) is 0 Å². The fourth-order valence-corrected chi connectivity index (χ4v) is 3.32. The molecule has 1 heterocycles. The molecular formula is C17H25NS. The Balaban J connectivity index is 1.64. The van der Waals surface area contributed by atoms with Crippen molar-refractivity contribution < 1.29 is 0 Å². The molecule has 19 heavy (non-hydrogen) atoms. The number of para-hydroxylation sites is 1. The van der Waals surface area contributed by atoms with Gasteiger partial charge in [-0.15, -0.1) is 11.3 Å². The molecule has 0 unspecified atom stereocenters. The van der Waals surface area contributed by atoms with Crippen molar-refractivity contribution in [3.63, 3.8) is 0 Å². The molecule has 0 N–H and O–H groups in total. The van der Waals surface area contributed by atoms with Crippen molar-refractivity contribution in [2.24, 2.45) is 0 Å². The monoisotopic (exact) mass is 275 g/mol. The van der Waals surface area contributed by atoms with Crippen molar-refractivity contribution in [2.45, 2.75) is 64.7 Å². The third-order valence-corrected chi connectivity index (χ3v) is 4.54. The van der Waals surface area contributed by atoms with E-state index in [1.165, 1.54) is 73.6 Å². The number of unbranched alkanes of at least 4 members (excludes halogenated alkanes) is 7. The quantitative estimate of drug-likeness (QED) is 0.513. The molecule has 0 atom stereocenters. The number of aryl methyl sites for hydroxylation is 1. The van der Waals surface area contributed by atoms with E-state index in [4.69, 9.17) is 0 Å². The molecule has 0 radical (unpaired) electrons. The summed E-state index contributed by atoms with van der Waals surface area (Å²) < 4.78 is 1.33. The van der Waals surface area contributed by atoms with Crippen molar-refractivity contribution in [2.75, 3.05) is 0 Å². The molecule has 0 amide bonds. The van der Waals surface area contributed by atoms with Crippen LogP contribution in [0.15, 0.2) is 23.7 Å². The summed E-state index contributed by atoms with van der Waals surface area (Å²) >= 11 is 1.75. The highest BCUT2D eigenvalue weighted by Gasteiger charge is 2.02. The van der Waals surface area contributed by atoms with Gasteiger partial charge >= 0.3 is 0 Å². The lowest BCUT2D eigenvalue weighted by molar-refractivity contribution is 0.576. The Bertz CT molecular complexity index is 475. The summed E-state index contributed by atoms with van der Waals surface area (Å²) in [5.74, 6) is 0. The van der Waals surface area contributed by atoms with Crippen molar-refractivity contribution in [1.29, 1.82) is 0 Å². The highest BCUT2D eigenvalue weighted by atomic mass is 32.1. The SMILES string of the molecule is CCCCCCCCCCc1cccc2scnc12. The Morgan fingerprint density at radius 2 is 1.68 bits per heavy atom. The third-order valence-electron chi connectivity index (χ3n) is 3.74. The molecule has 0 saturated carbocycles. The summed E-state index contributed by atoms with van der Waals surface area (Å²) in [7, 11) is 0. The van der Waals surface area contributed by atoms with Crippen LogP contribution in [0.5, 0.6) is 0 Å². The van der Waals surface area contributed by atoms with E-state index in [1.807, 2.05) is 5.51 Å². The van der Waals surface area contributed by atoms with Crippen LogP contribution in [0.1, 0.15) is 63.9 Å². The van der Waals surface area contributed by atoms with Gasteiger partial charge < -0.3 is 0 Å². The Morgan fingerprint density at radius 1 is 0.947 bits per heavy atom. The predicted molar refractivity (Wildman–Crippen MR) is 85.9 cm³/mol. The number of nitrogens with zero attached hydrogens (tertiary/aromatic N) is 1. The van der Waals surface area contributed by atoms with E-state index in [-0.39, 0.29) is 0 Å². The van der Waals surface area contributed by atoms with Gasteiger partial charge in [0.15, 0.2) is 0 Å². The molecule has 2 aromatic rings. The average molecular weight is 275 g/mol. The maximum absolute atomic E-state index is 4.49. The highest BCUT2D eigenvalue weighted by Crippen LogP contribution is 2.22. The average Bonchev–Trinajstić information content (AvgIpc) is 2.91. The van der Waals surface area contributed by atoms with Crippen LogP contribution in [0.4, 0.5) is 0 Å². The van der Waals surface area contributed by atoms with Crippen molar-refractivity contribution in [3.8, 4) is 0 Å². The van der Waals surface area contributed by atoms with Crippen LogP contribution < -0.4 is 0 Å². The van der Waals surface area contributed by atoms with Gasteiger partial charge in [0.1, 0.15) is 0 Å². The van der Waals surface area contributed by atoms with Crippen LogP contribution in [-0.2, 0) is 6.42 Å². The summed E-state index contributed by atoms with van der Waals surface area (Å²) in [5.41, 5.74) is 4.63. The fraction of sp³-hybridized carbons (Fsp3) is 0.588. The molecule has 1 aromatic heterocycles. The molecule has 0 aliphatic rings. The predicted octanol–water partition coefficient (Wildman–Crippen LogP) is 5.98. The second-order valence-electron chi connectivity index (χ2n) is 5.34. The zero-order chi connectivity index (χ0) is 13.3. The molecule has 2 rings (SSSR count). The molecule has 0 spiro atoms. The number of rotatable bonds is 9. The number of fused-ring (bicyclic) bond motifs is 1. The lowest BCUT2D eigenvalue weighted by Crippen LogP contribution is -1.88. The van der Waals surface area contributed by atoms with E-state index in [0.29, 0.717) is 0 Å². The van der Waals surface area contributed by atoms with Gasteiger partial charge in [-0.2, -0.15) is 0 Å². The molecule has 0 saturated heterocycles. The second-order valence-corrected chi connectivity index (χ2v) is 6.23.